The second-order valence-electron chi connectivity index (χ2n) is 13.0. The molecule has 0 aliphatic rings. The molecule has 5 heteroatoms. The lowest BCUT2D eigenvalue weighted by Gasteiger charge is -2.08. The fourth-order valence-electron chi connectivity index (χ4n) is 8.26. The minimum Gasteiger partial charge on any atom is -0.309 e. The summed E-state index contributed by atoms with van der Waals surface area (Å²) in [4.78, 5) is 10.5. The van der Waals surface area contributed by atoms with Gasteiger partial charge in [-0.15, -0.1) is 11.3 Å². The Morgan fingerprint density at radius 2 is 1.12 bits per heavy atom. The second-order valence-corrected chi connectivity index (χ2v) is 14.1. The van der Waals surface area contributed by atoms with E-state index in [1.807, 2.05) is 23.5 Å². The molecular weight excluding hydrogens is 617 g/mol. The Morgan fingerprint density at radius 3 is 2.02 bits per heavy atom. The zero-order chi connectivity index (χ0) is 31.8. The molecule has 0 atom stereocenters. The maximum atomic E-state index is 5.25. The van der Waals surface area contributed by atoms with Crippen molar-refractivity contribution in [3.8, 4) is 16.8 Å². The Hall–Kier alpha value is -6.30. The van der Waals surface area contributed by atoms with Gasteiger partial charge in [0.25, 0.3) is 0 Å². The summed E-state index contributed by atoms with van der Waals surface area (Å²) in [6.07, 6.45) is 0. The number of fused-ring (bicyclic) bond motifs is 13. The molecule has 0 radical (unpaired) electrons. The van der Waals surface area contributed by atoms with Gasteiger partial charge in [0.05, 0.1) is 33.1 Å². The molecule has 0 aliphatic carbocycles. The minimum atomic E-state index is 0.910. The van der Waals surface area contributed by atoms with Crippen LogP contribution in [0.15, 0.2) is 146 Å². The van der Waals surface area contributed by atoms with Gasteiger partial charge < -0.3 is 4.57 Å². The molecule has 12 aromatic rings. The molecule has 12 rings (SSSR count). The molecule has 5 aromatic heterocycles. The van der Waals surface area contributed by atoms with Crippen LogP contribution in [0.4, 0.5) is 0 Å². The third-order valence-electron chi connectivity index (χ3n) is 10.4. The van der Waals surface area contributed by atoms with E-state index in [9.17, 15) is 0 Å². The van der Waals surface area contributed by atoms with Crippen molar-refractivity contribution in [1.29, 1.82) is 0 Å². The molecule has 0 saturated carbocycles. The summed E-state index contributed by atoms with van der Waals surface area (Å²) in [5, 5.41) is 8.72. The van der Waals surface area contributed by atoms with E-state index in [-0.39, 0.29) is 0 Å². The van der Waals surface area contributed by atoms with Gasteiger partial charge in [0.1, 0.15) is 5.52 Å². The molecule has 0 spiro atoms. The molecule has 0 fully saturated rings. The van der Waals surface area contributed by atoms with Crippen LogP contribution >= 0.6 is 11.3 Å². The number of para-hydroxylation sites is 4. The molecule has 0 amide bonds. The van der Waals surface area contributed by atoms with Gasteiger partial charge in [0, 0.05) is 52.8 Å². The van der Waals surface area contributed by atoms with Gasteiger partial charge in [-0.1, -0.05) is 72.8 Å². The molecule has 0 unspecified atom stereocenters. The lowest BCUT2D eigenvalue weighted by molar-refractivity contribution is 1.18. The number of rotatable bonds is 2. The van der Waals surface area contributed by atoms with Gasteiger partial charge in [-0.05, 0) is 83.9 Å². The zero-order valence-corrected chi connectivity index (χ0v) is 26.9. The number of benzene rings is 7. The first-order valence-electron chi connectivity index (χ1n) is 16.6. The van der Waals surface area contributed by atoms with E-state index >= 15 is 0 Å². The largest absolute Gasteiger partial charge is 0.309 e. The molecule has 0 bridgehead atoms. The van der Waals surface area contributed by atoms with Crippen molar-refractivity contribution in [3.63, 3.8) is 0 Å². The summed E-state index contributed by atoms with van der Waals surface area (Å²) in [5.41, 5.74) is 12.0. The molecular formula is C44H24N4S. The highest BCUT2D eigenvalue weighted by molar-refractivity contribution is 7.25. The summed E-state index contributed by atoms with van der Waals surface area (Å²) in [7, 11) is 0. The number of aromatic nitrogens is 4. The van der Waals surface area contributed by atoms with E-state index < -0.39 is 0 Å². The fourth-order valence-corrected chi connectivity index (χ4v) is 9.39. The van der Waals surface area contributed by atoms with E-state index in [4.69, 9.17) is 9.97 Å². The van der Waals surface area contributed by atoms with Gasteiger partial charge in [0.15, 0.2) is 5.65 Å². The van der Waals surface area contributed by atoms with Crippen molar-refractivity contribution < 1.29 is 0 Å². The molecule has 7 aromatic carbocycles. The lowest BCUT2D eigenvalue weighted by atomic mass is 9.98. The predicted octanol–water partition coefficient (Wildman–Crippen LogP) is 11.9. The van der Waals surface area contributed by atoms with Crippen LogP contribution in [0.2, 0.25) is 0 Å². The summed E-state index contributed by atoms with van der Waals surface area (Å²) in [6.45, 7) is 0. The van der Waals surface area contributed by atoms with Crippen LogP contribution in [0, 0.1) is 0 Å². The smallest absolute Gasteiger partial charge is 0.165 e. The molecule has 0 saturated heterocycles. The van der Waals surface area contributed by atoms with E-state index in [0.29, 0.717) is 0 Å². The Labute approximate surface area is 283 Å². The monoisotopic (exact) mass is 640 g/mol. The van der Waals surface area contributed by atoms with E-state index in [0.717, 1.165) is 27.6 Å². The Kier molecular flexibility index (Phi) is 4.83. The van der Waals surface area contributed by atoms with Crippen LogP contribution in [-0.2, 0) is 0 Å². The second kappa shape index (κ2) is 9.19. The van der Waals surface area contributed by atoms with Gasteiger partial charge in [-0.3, -0.25) is 4.40 Å². The summed E-state index contributed by atoms with van der Waals surface area (Å²) in [5.74, 6) is 0. The van der Waals surface area contributed by atoms with Gasteiger partial charge in [-0.25, -0.2) is 9.97 Å². The Morgan fingerprint density at radius 1 is 0.429 bits per heavy atom. The predicted molar refractivity (Wildman–Crippen MR) is 207 cm³/mol. The van der Waals surface area contributed by atoms with Crippen molar-refractivity contribution in [2.75, 3.05) is 0 Å². The first-order valence-corrected chi connectivity index (χ1v) is 17.4. The van der Waals surface area contributed by atoms with Crippen LogP contribution in [-0.4, -0.2) is 18.9 Å². The number of hydrogen-bond donors (Lipinski definition) is 0. The van der Waals surface area contributed by atoms with Crippen molar-refractivity contribution >= 4 is 103 Å². The number of hydrogen-bond acceptors (Lipinski definition) is 3. The van der Waals surface area contributed by atoms with Gasteiger partial charge in [0.2, 0.25) is 0 Å². The molecule has 49 heavy (non-hydrogen) atoms. The van der Waals surface area contributed by atoms with Crippen LogP contribution in [0.3, 0.4) is 0 Å². The van der Waals surface area contributed by atoms with Crippen molar-refractivity contribution in [3.05, 3.63) is 146 Å². The quantitative estimate of drug-likeness (QED) is 0.188. The summed E-state index contributed by atoms with van der Waals surface area (Å²) in [6, 6.07) is 52.8. The van der Waals surface area contributed by atoms with Crippen LogP contribution in [0.5, 0.6) is 0 Å². The molecule has 4 nitrogen and oxygen atoms in total. The first-order chi connectivity index (χ1) is 24.3. The lowest BCUT2D eigenvalue weighted by Crippen LogP contribution is -1.92. The summed E-state index contributed by atoms with van der Waals surface area (Å²) < 4.78 is 7.33. The van der Waals surface area contributed by atoms with Crippen LogP contribution in [0.25, 0.3) is 108 Å². The van der Waals surface area contributed by atoms with E-state index in [1.165, 1.54) is 80.6 Å². The zero-order valence-electron chi connectivity index (χ0n) is 26.1. The number of thiophene rings is 1. The van der Waals surface area contributed by atoms with E-state index in [1.54, 1.807) is 0 Å². The average molecular weight is 641 g/mol. The topological polar surface area (TPSA) is 35.1 Å². The maximum absolute atomic E-state index is 5.25. The van der Waals surface area contributed by atoms with Crippen molar-refractivity contribution in [2.45, 2.75) is 0 Å². The minimum absolute atomic E-state index is 0.910. The van der Waals surface area contributed by atoms with E-state index in [2.05, 4.69) is 142 Å². The van der Waals surface area contributed by atoms with Crippen molar-refractivity contribution in [1.82, 2.24) is 18.9 Å². The Bertz CT molecular complexity index is 3330. The van der Waals surface area contributed by atoms with Gasteiger partial charge in [-0.2, -0.15) is 0 Å². The summed E-state index contributed by atoms with van der Waals surface area (Å²) >= 11 is 1.86. The highest BCUT2D eigenvalue weighted by Crippen LogP contribution is 2.45. The maximum Gasteiger partial charge on any atom is 0.165 e. The normalized spacial score (nSPS) is 12.5. The molecule has 0 N–H and O–H groups in total. The standard InChI is InChI=1S/C44H24N4S/c1-2-10-27(11-3-1)47-37-16-8-4-12-28(37)30-20-25(18-19-38(30)47)26-21-33-31-23-32-29-13-5-9-17-40(29)49-41(32)24-39(31)48-43(33)34(22-26)42-44(48)46-36-15-7-6-14-35(36)45-42/h1-24H. The SMILES string of the molecule is c1ccc(-n2c3ccccc3c3cc(-c4cc5c6cc7c(cc6n6c8nc9ccccc9nc8c(c4)c56)sc4ccccc47)ccc32)cc1. The molecule has 0 aliphatic heterocycles. The molecule has 226 valence electrons. The highest BCUT2D eigenvalue weighted by atomic mass is 32.1. The highest BCUT2D eigenvalue weighted by Gasteiger charge is 2.23. The fraction of sp³-hybridized carbons (Fsp3) is 0. The van der Waals surface area contributed by atoms with Gasteiger partial charge >= 0.3 is 0 Å². The third-order valence-corrected chi connectivity index (χ3v) is 11.5. The Balaban J connectivity index is 1.21. The van der Waals surface area contributed by atoms with Crippen molar-refractivity contribution in [2.24, 2.45) is 0 Å². The number of nitrogens with zero attached hydrogens (tertiary/aromatic N) is 4. The third kappa shape index (κ3) is 3.37. The average Bonchev–Trinajstić information content (AvgIpc) is 3.88. The van der Waals surface area contributed by atoms with Crippen LogP contribution in [0.1, 0.15) is 0 Å². The van der Waals surface area contributed by atoms with Crippen LogP contribution < -0.4 is 0 Å². The first kappa shape index (κ1) is 25.7. The molecule has 5 heterocycles.